The molecule has 0 spiro atoms. The lowest BCUT2D eigenvalue weighted by Gasteiger charge is -2.22. The number of ether oxygens (including phenoxy) is 1. The van der Waals surface area contributed by atoms with E-state index in [2.05, 4.69) is 20.3 Å². The van der Waals surface area contributed by atoms with Crippen molar-refractivity contribution >= 4 is 11.9 Å². The zero-order valence-electron chi connectivity index (χ0n) is 13.4. The Bertz CT molecular complexity index is 723. The Balaban J connectivity index is 1.89. The smallest absolute Gasteiger partial charge is 0.356 e. The van der Waals surface area contributed by atoms with E-state index in [0.29, 0.717) is 0 Å². The van der Waals surface area contributed by atoms with Crippen LogP contribution in [0.1, 0.15) is 53.1 Å². The molecule has 0 saturated heterocycles. The average molecular weight is 329 g/mol. The second-order valence-corrected chi connectivity index (χ2v) is 5.71. The first-order chi connectivity index (χ1) is 11.7. The number of esters is 1. The van der Waals surface area contributed by atoms with Gasteiger partial charge in [-0.15, -0.1) is 0 Å². The van der Waals surface area contributed by atoms with Crippen molar-refractivity contribution in [2.75, 3.05) is 7.11 Å². The summed E-state index contributed by atoms with van der Waals surface area (Å²) in [6, 6.07) is 1.50. The zero-order valence-corrected chi connectivity index (χ0v) is 13.4. The first-order valence-electron chi connectivity index (χ1n) is 7.94. The number of amides is 1. The SMILES string of the molecule is COC(=O)c1cc(C(=O)NC2CCCCC2)nc(-n2ccnc2)n1. The minimum Gasteiger partial charge on any atom is -0.464 e. The summed E-state index contributed by atoms with van der Waals surface area (Å²) in [4.78, 5) is 36.7. The van der Waals surface area contributed by atoms with Gasteiger partial charge in [0.25, 0.3) is 5.91 Å². The van der Waals surface area contributed by atoms with Crippen molar-refractivity contribution < 1.29 is 14.3 Å². The fraction of sp³-hybridized carbons (Fsp3) is 0.438. The number of nitrogens with zero attached hydrogens (tertiary/aromatic N) is 4. The summed E-state index contributed by atoms with van der Waals surface area (Å²) >= 11 is 0. The summed E-state index contributed by atoms with van der Waals surface area (Å²) < 4.78 is 6.24. The molecular formula is C16H19N5O3. The first-order valence-corrected chi connectivity index (χ1v) is 7.94. The topological polar surface area (TPSA) is 99.0 Å². The Labute approximate surface area is 139 Å². The maximum atomic E-state index is 12.5. The van der Waals surface area contributed by atoms with E-state index in [1.54, 1.807) is 12.4 Å². The molecule has 1 aliphatic carbocycles. The summed E-state index contributed by atoms with van der Waals surface area (Å²) in [5, 5.41) is 2.99. The lowest BCUT2D eigenvalue weighted by atomic mass is 9.95. The Hall–Kier alpha value is -2.77. The van der Waals surface area contributed by atoms with Crippen LogP contribution in [-0.2, 0) is 4.74 Å². The standard InChI is InChI=1S/C16H19N5O3/c1-24-15(23)13-9-12(14(22)18-11-5-3-2-4-6-11)19-16(20-13)21-8-7-17-10-21/h7-11H,2-6H2,1H3,(H,18,22). The molecule has 0 unspecified atom stereocenters. The van der Waals surface area contributed by atoms with Crippen LogP contribution in [0, 0.1) is 0 Å². The van der Waals surface area contributed by atoms with Crippen molar-refractivity contribution in [3.05, 3.63) is 36.2 Å². The predicted molar refractivity (Wildman–Crippen MR) is 84.8 cm³/mol. The highest BCUT2D eigenvalue weighted by molar-refractivity contribution is 5.95. The van der Waals surface area contributed by atoms with E-state index in [0.717, 1.165) is 25.7 Å². The van der Waals surface area contributed by atoms with Gasteiger partial charge in [0.1, 0.15) is 12.0 Å². The largest absolute Gasteiger partial charge is 0.464 e. The van der Waals surface area contributed by atoms with Crippen LogP contribution < -0.4 is 5.32 Å². The Morgan fingerprint density at radius 3 is 2.62 bits per heavy atom. The van der Waals surface area contributed by atoms with Gasteiger partial charge < -0.3 is 10.1 Å². The lowest BCUT2D eigenvalue weighted by Crippen LogP contribution is -2.37. The predicted octanol–water partition coefficient (Wildman–Crippen LogP) is 1.51. The number of nitrogens with one attached hydrogen (secondary N) is 1. The molecule has 24 heavy (non-hydrogen) atoms. The second kappa shape index (κ2) is 7.20. The Morgan fingerprint density at radius 2 is 1.96 bits per heavy atom. The normalized spacial score (nSPS) is 15.0. The molecule has 1 amide bonds. The van der Waals surface area contributed by atoms with Crippen molar-refractivity contribution in [1.82, 2.24) is 24.8 Å². The van der Waals surface area contributed by atoms with Crippen LogP contribution in [0.4, 0.5) is 0 Å². The number of hydrogen-bond donors (Lipinski definition) is 1. The molecule has 2 heterocycles. The minimum absolute atomic E-state index is 0.0324. The van der Waals surface area contributed by atoms with E-state index in [9.17, 15) is 9.59 Å². The molecule has 0 aromatic carbocycles. The van der Waals surface area contributed by atoms with Crippen LogP contribution in [0.2, 0.25) is 0 Å². The summed E-state index contributed by atoms with van der Waals surface area (Å²) in [6.07, 6.45) is 10.1. The van der Waals surface area contributed by atoms with Crippen LogP contribution in [0.5, 0.6) is 0 Å². The molecule has 1 fully saturated rings. The molecule has 1 aliphatic rings. The maximum Gasteiger partial charge on any atom is 0.356 e. The highest BCUT2D eigenvalue weighted by atomic mass is 16.5. The number of imidazole rings is 1. The number of hydrogen-bond acceptors (Lipinski definition) is 6. The van der Waals surface area contributed by atoms with Crippen LogP contribution in [0.15, 0.2) is 24.8 Å². The second-order valence-electron chi connectivity index (χ2n) is 5.71. The molecule has 1 saturated carbocycles. The van der Waals surface area contributed by atoms with E-state index < -0.39 is 5.97 Å². The van der Waals surface area contributed by atoms with Crippen LogP contribution in [0.25, 0.3) is 5.95 Å². The van der Waals surface area contributed by atoms with Gasteiger partial charge in [-0.3, -0.25) is 9.36 Å². The van der Waals surface area contributed by atoms with Crippen molar-refractivity contribution in [3.63, 3.8) is 0 Å². The van der Waals surface area contributed by atoms with Gasteiger partial charge in [-0.05, 0) is 12.8 Å². The molecule has 126 valence electrons. The zero-order chi connectivity index (χ0) is 16.9. The highest BCUT2D eigenvalue weighted by Crippen LogP contribution is 2.18. The minimum atomic E-state index is -0.620. The Morgan fingerprint density at radius 1 is 1.21 bits per heavy atom. The molecule has 0 radical (unpaired) electrons. The molecule has 2 aromatic rings. The van der Waals surface area contributed by atoms with Crippen LogP contribution in [-0.4, -0.2) is 44.5 Å². The van der Waals surface area contributed by atoms with Crippen molar-refractivity contribution in [1.29, 1.82) is 0 Å². The van der Waals surface area contributed by atoms with E-state index in [1.165, 1.54) is 30.5 Å². The number of methoxy groups -OCH3 is 1. The first kappa shape index (κ1) is 16.1. The summed E-state index contributed by atoms with van der Waals surface area (Å²) in [5.41, 5.74) is 0.171. The fourth-order valence-corrected chi connectivity index (χ4v) is 2.76. The van der Waals surface area contributed by atoms with Gasteiger partial charge in [-0.2, -0.15) is 0 Å². The van der Waals surface area contributed by atoms with Gasteiger partial charge in [-0.1, -0.05) is 19.3 Å². The van der Waals surface area contributed by atoms with Gasteiger partial charge in [0.05, 0.1) is 7.11 Å². The van der Waals surface area contributed by atoms with E-state index in [-0.39, 0.29) is 29.3 Å². The molecule has 8 nitrogen and oxygen atoms in total. The average Bonchev–Trinajstić information content (AvgIpc) is 3.16. The Kier molecular flexibility index (Phi) is 4.83. The third kappa shape index (κ3) is 3.58. The number of aromatic nitrogens is 4. The van der Waals surface area contributed by atoms with Gasteiger partial charge >= 0.3 is 5.97 Å². The molecule has 2 aromatic heterocycles. The highest BCUT2D eigenvalue weighted by Gasteiger charge is 2.21. The molecular weight excluding hydrogens is 310 g/mol. The molecule has 1 N–H and O–H groups in total. The van der Waals surface area contributed by atoms with E-state index in [4.69, 9.17) is 4.74 Å². The van der Waals surface area contributed by atoms with Crippen molar-refractivity contribution in [2.45, 2.75) is 38.1 Å². The molecule has 8 heteroatoms. The number of carbonyl (C=O) groups excluding carboxylic acids is 2. The third-order valence-corrected chi connectivity index (χ3v) is 4.02. The lowest BCUT2D eigenvalue weighted by molar-refractivity contribution is 0.0593. The summed E-state index contributed by atoms with van der Waals surface area (Å²) in [7, 11) is 1.27. The molecule has 0 atom stereocenters. The van der Waals surface area contributed by atoms with Gasteiger partial charge in [0, 0.05) is 24.5 Å². The monoisotopic (exact) mass is 329 g/mol. The van der Waals surface area contributed by atoms with E-state index >= 15 is 0 Å². The van der Waals surface area contributed by atoms with Gasteiger partial charge in [-0.25, -0.2) is 19.7 Å². The van der Waals surface area contributed by atoms with Crippen molar-refractivity contribution in [2.24, 2.45) is 0 Å². The summed E-state index contributed by atoms with van der Waals surface area (Å²) in [6.45, 7) is 0. The molecule has 0 bridgehead atoms. The van der Waals surface area contributed by atoms with Crippen LogP contribution >= 0.6 is 0 Å². The van der Waals surface area contributed by atoms with Crippen molar-refractivity contribution in [3.8, 4) is 5.95 Å². The molecule has 3 rings (SSSR count). The number of carbonyl (C=O) groups is 2. The van der Waals surface area contributed by atoms with Gasteiger partial charge in [0.15, 0.2) is 5.69 Å². The van der Waals surface area contributed by atoms with Gasteiger partial charge in [0.2, 0.25) is 5.95 Å². The maximum absolute atomic E-state index is 12.5. The summed E-state index contributed by atoms with van der Waals surface area (Å²) in [5.74, 6) is -0.731. The fourth-order valence-electron chi connectivity index (χ4n) is 2.76. The van der Waals surface area contributed by atoms with Crippen LogP contribution in [0.3, 0.4) is 0 Å². The third-order valence-electron chi connectivity index (χ3n) is 4.02. The molecule has 0 aliphatic heterocycles. The number of rotatable bonds is 4. The van der Waals surface area contributed by atoms with E-state index in [1.807, 2.05) is 0 Å². The quantitative estimate of drug-likeness (QED) is 0.854.